The van der Waals surface area contributed by atoms with Gasteiger partial charge in [0.25, 0.3) is 0 Å². The van der Waals surface area contributed by atoms with Crippen molar-refractivity contribution >= 4 is 12.0 Å². The van der Waals surface area contributed by atoms with Crippen LogP contribution in [0.1, 0.15) is 34.1 Å². The van der Waals surface area contributed by atoms with Crippen LogP contribution < -0.4 is 5.32 Å². The minimum atomic E-state index is -1.05. The van der Waals surface area contributed by atoms with Gasteiger partial charge >= 0.3 is 12.0 Å². The van der Waals surface area contributed by atoms with Gasteiger partial charge in [-0.1, -0.05) is 27.7 Å². The molecule has 3 N–H and O–H groups in total. The van der Waals surface area contributed by atoms with E-state index in [0.717, 1.165) is 6.42 Å². The number of hydrogen-bond donors (Lipinski definition) is 3. The number of carboxylic acid groups (broad SMARTS) is 1. The first-order valence-electron chi connectivity index (χ1n) is 6.59. The summed E-state index contributed by atoms with van der Waals surface area (Å²) in [7, 11) is 0. The van der Waals surface area contributed by atoms with Crippen molar-refractivity contribution in [1.82, 2.24) is 10.2 Å². The maximum absolute atomic E-state index is 12.1. The first-order chi connectivity index (χ1) is 8.62. The summed E-state index contributed by atoms with van der Waals surface area (Å²) in [4.78, 5) is 24.7. The van der Waals surface area contributed by atoms with Crippen molar-refractivity contribution in [3.63, 3.8) is 0 Å². The highest BCUT2D eigenvalue weighted by molar-refractivity contribution is 5.83. The number of rotatable bonds is 2. The van der Waals surface area contributed by atoms with E-state index in [4.69, 9.17) is 5.11 Å². The monoisotopic (exact) mass is 272 g/mol. The predicted octanol–water partition coefficient (Wildman–Crippen LogP) is 0.898. The fourth-order valence-electron chi connectivity index (χ4n) is 2.10. The Kier molecular flexibility index (Phi) is 4.79. The van der Waals surface area contributed by atoms with Crippen molar-refractivity contribution in [2.75, 3.05) is 13.1 Å². The summed E-state index contributed by atoms with van der Waals surface area (Å²) in [5.74, 6) is -0.881. The van der Waals surface area contributed by atoms with Crippen LogP contribution in [0.15, 0.2) is 0 Å². The summed E-state index contributed by atoms with van der Waals surface area (Å²) >= 11 is 0. The van der Waals surface area contributed by atoms with Crippen LogP contribution >= 0.6 is 0 Å². The van der Waals surface area contributed by atoms with Crippen LogP contribution in [0.3, 0.4) is 0 Å². The zero-order valence-electron chi connectivity index (χ0n) is 12.0. The predicted molar refractivity (Wildman–Crippen MR) is 70.8 cm³/mol. The zero-order chi connectivity index (χ0) is 14.8. The van der Waals surface area contributed by atoms with E-state index >= 15 is 0 Å². The van der Waals surface area contributed by atoms with Crippen LogP contribution in [0.25, 0.3) is 0 Å². The normalized spacial score (nSPS) is 25.8. The van der Waals surface area contributed by atoms with Crippen molar-refractivity contribution in [3.05, 3.63) is 0 Å². The number of aliphatic carboxylic acids is 1. The van der Waals surface area contributed by atoms with Crippen LogP contribution in [0.4, 0.5) is 4.79 Å². The molecule has 1 aliphatic heterocycles. The Bertz CT molecular complexity index is 351. The molecule has 0 aromatic carbocycles. The van der Waals surface area contributed by atoms with Gasteiger partial charge in [-0.25, -0.2) is 9.59 Å². The van der Waals surface area contributed by atoms with Crippen molar-refractivity contribution in [1.29, 1.82) is 0 Å². The van der Waals surface area contributed by atoms with Crippen LogP contribution in [-0.2, 0) is 4.79 Å². The lowest BCUT2D eigenvalue weighted by Gasteiger charge is -2.36. The van der Waals surface area contributed by atoms with Gasteiger partial charge in [-0.15, -0.1) is 0 Å². The quantitative estimate of drug-likeness (QED) is 0.696. The summed E-state index contributed by atoms with van der Waals surface area (Å²) in [6.45, 7) is 8.02. The molecule has 1 fully saturated rings. The summed E-state index contributed by atoms with van der Waals surface area (Å²) in [6.07, 6.45) is 0.180. The number of amides is 2. The maximum atomic E-state index is 12.1. The molecule has 1 heterocycles. The van der Waals surface area contributed by atoms with Crippen molar-refractivity contribution in [3.8, 4) is 0 Å². The van der Waals surface area contributed by atoms with Crippen molar-refractivity contribution in [2.24, 2.45) is 11.3 Å². The van der Waals surface area contributed by atoms with E-state index in [0.29, 0.717) is 6.54 Å². The summed E-state index contributed by atoms with van der Waals surface area (Å²) < 4.78 is 0. The second-order valence-electron chi connectivity index (χ2n) is 6.37. The number of β-amino-alcohol motifs (C(OH)–C–C–N with tert-alkyl or cyclic N) is 1. The van der Waals surface area contributed by atoms with Gasteiger partial charge < -0.3 is 20.4 Å². The molecular formula is C13H24N2O4. The number of urea groups is 1. The van der Waals surface area contributed by atoms with Crippen LogP contribution in [0.2, 0.25) is 0 Å². The molecule has 2 amide bonds. The molecule has 6 nitrogen and oxygen atoms in total. The molecule has 2 unspecified atom stereocenters. The summed E-state index contributed by atoms with van der Waals surface area (Å²) in [6, 6.07) is -1.37. The molecule has 19 heavy (non-hydrogen) atoms. The minimum Gasteiger partial charge on any atom is -0.480 e. The Morgan fingerprint density at radius 2 is 1.95 bits per heavy atom. The third kappa shape index (κ3) is 4.09. The van der Waals surface area contributed by atoms with Crippen LogP contribution in [0.5, 0.6) is 0 Å². The van der Waals surface area contributed by atoms with Crippen molar-refractivity contribution < 1.29 is 19.8 Å². The molecular weight excluding hydrogens is 248 g/mol. The maximum Gasteiger partial charge on any atom is 0.326 e. The molecule has 110 valence electrons. The van der Waals surface area contributed by atoms with E-state index < -0.39 is 29.6 Å². The molecule has 1 aliphatic rings. The SMILES string of the molecule is CC1CCN(C(=O)N[C@@H](C(=O)O)C(C)(C)C)CC1O. The van der Waals surface area contributed by atoms with Crippen molar-refractivity contribution in [2.45, 2.75) is 46.3 Å². The third-order valence-corrected chi connectivity index (χ3v) is 3.59. The average molecular weight is 272 g/mol. The highest BCUT2D eigenvalue weighted by Crippen LogP contribution is 2.21. The number of hydrogen-bond acceptors (Lipinski definition) is 3. The lowest BCUT2D eigenvalue weighted by atomic mass is 9.87. The minimum absolute atomic E-state index is 0.168. The smallest absolute Gasteiger partial charge is 0.326 e. The summed E-state index contributed by atoms with van der Waals surface area (Å²) in [5.41, 5.74) is -0.566. The number of nitrogens with zero attached hydrogens (tertiary/aromatic N) is 1. The van der Waals surface area contributed by atoms with E-state index in [1.807, 2.05) is 6.92 Å². The zero-order valence-corrected chi connectivity index (χ0v) is 12.0. The van der Waals surface area contributed by atoms with E-state index in [1.165, 1.54) is 4.90 Å². The molecule has 1 rings (SSSR count). The highest BCUT2D eigenvalue weighted by Gasteiger charge is 2.35. The molecule has 0 spiro atoms. The van der Waals surface area contributed by atoms with E-state index in [1.54, 1.807) is 20.8 Å². The number of nitrogens with one attached hydrogen (secondary N) is 1. The number of piperidine rings is 1. The molecule has 1 saturated heterocycles. The molecule has 0 aliphatic carbocycles. The Balaban J connectivity index is 2.66. The first-order valence-corrected chi connectivity index (χ1v) is 6.59. The Morgan fingerprint density at radius 3 is 2.37 bits per heavy atom. The summed E-state index contributed by atoms with van der Waals surface area (Å²) in [5, 5.41) is 21.5. The highest BCUT2D eigenvalue weighted by atomic mass is 16.4. The lowest BCUT2D eigenvalue weighted by molar-refractivity contribution is -0.142. The fourth-order valence-corrected chi connectivity index (χ4v) is 2.10. The molecule has 0 bridgehead atoms. The Morgan fingerprint density at radius 1 is 1.37 bits per heavy atom. The standard InChI is InChI=1S/C13H24N2O4/c1-8-5-6-15(7-9(8)16)12(19)14-10(11(17)18)13(2,3)4/h8-10,16H,5-7H2,1-4H3,(H,14,19)(H,17,18)/t8?,9?,10-/m0/s1. The fraction of sp³-hybridized carbons (Fsp3) is 0.846. The number of carbonyl (C=O) groups is 2. The molecule has 0 aromatic rings. The van der Waals surface area contributed by atoms with Gasteiger partial charge in [0.1, 0.15) is 6.04 Å². The van der Waals surface area contributed by atoms with Gasteiger partial charge in [-0.2, -0.15) is 0 Å². The van der Waals surface area contributed by atoms with E-state index in [9.17, 15) is 14.7 Å². The van der Waals surface area contributed by atoms with Gasteiger partial charge in [0.05, 0.1) is 6.10 Å². The topological polar surface area (TPSA) is 89.9 Å². The third-order valence-electron chi connectivity index (χ3n) is 3.59. The first kappa shape index (κ1) is 15.8. The molecule has 3 atom stereocenters. The number of aliphatic hydroxyl groups excluding tert-OH is 1. The number of aliphatic hydroxyl groups is 1. The lowest BCUT2D eigenvalue weighted by Crippen LogP contribution is -2.56. The Labute approximate surface area is 113 Å². The average Bonchev–Trinajstić information content (AvgIpc) is 2.27. The molecule has 0 radical (unpaired) electrons. The van der Waals surface area contributed by atoms with Gasteiger partial charge in [-0.3, -0.25) is 0 Å². The van der Waals surface area contributed by atoms with Gasteiger partial charge in [0.2, 0.25) is 0 Å². The van der Waals surface area contributed by atoms with E-state index in [-0.39, 0.29) is 12.5 Å². The second kappa shape index (κ2) is 5.77. The van der Waals surface area contributed by atoms with Crippen LogP contribution in [0, 0.1) is 11.3 Å². The second-order valence-corrected chi connectivity index (χ2v) is 6.37. The molecule has 6 heteroatoms. The molecule has 0 aromatic heterocycles. The van der Waals surface area contributed by atoms with Gasteiger partial charge in [0, 0.05) is 13.1 Å². The van der Waals surface area contributed by atoms with E-state index in [2.05, 4.69) is 5.32 Å². The van der Waals surface area contributed by atoms with Gasteiger partial charge in [0.15, 0.2) is 0 Å². The molecule has 0 saturated carbocycles. The number of likely N-dealkylation sites (tertiary alicyclic amines) is 1. The number of carbonyl (C=O) groups excluding carboxylic acids is 1. The largest absolute Gasteiger partial charge is 0.480 e. The van der Waals surface area contributed by atoms with Crippen LogP contribution in [-0.4, -0.2) is 52.3 Å². The van der Waals surface area contributed by atoms with Gasteiger partial charge in [-0.05, 0) is 17.8 Å². The Hall–Kier alpha value is -1.30. The number of carboxylic acids is 1.